The molecule has 144 valence electrons. The van der Waals surface area contributed by atoms with Crippen LogP contribution in [0.4, 0.5) is 5.69 Å². The SMILES string of the molecule is COc1ccccc1C(=O)N[C@@H](NC(=S)Nc1ccccc1C)C(Cl)(Cl)Cl. The molecule has 0 aliphatic heterocycles. The number of para-hydroxylation sites is 2. The van der Waals surface area contributed by atoms with Crippen LogP contribution in [-0.4, -0.2) is 28.1 Å². The van der Waals surface area contributed by atoms with Crippen LogP contribution >= 0.6 is 47.0 Å². The largest absolute Gasteiger partial charge is 0.496 e. The Morgan fingerprint density at radius 2 is 1.70 bits per heavy atom. The topological polar surface area (TPSA) is 62.4 Å². The second-order valence-electron chi connectivity index (χ2n) is 5.56. The van der Waals surface area contributed by atoms with Gasteiger partial charge in [-0.25, -0.2) is 0 Å². The third kappa shape index (κ3) is 6.14. The summed E-state index contributed by atoms with van der Waals surface area (Å²) in [7, 11) is 1.47. The molecule has 2 aromatic carbocycles. The average molecular weight is 447 g/mol. The van der Waals surface area contributed by atoms with Crippen LogP contribution < -0.4 is 20.7 Å². The number of carbonyl (C=O) groups excluding carboxylic acids is 1. The molecule has 0 saturated carbocycles. The monoisotopic (exact) mass is 445 g/mol. The highest BCUT2D eigenvalue weighted by Gasteiger charge is 2.35. The molecule has 0 aromatic heterocycles. The number of benzene rings is 2. The van der Waals surface area contributed by atoms with Gasteiger partial charge in [0.05, 0.1) is 12.7 Å². The Bertz CT molecular complexity index is 827. The fraction of sp³-hybridized carbons (Fsp3) is 0.222. The first-order valence-electron chi connectivity index (χ1n) is 7.86. The molecule has 0 unspecified atom stereocenters. The van der Waals surface area contributed by atoms with Crippen molar-refractivity contribution in [2.24, 2.45) is 0 Å². The number of hydrogen-bond donors (Lipinski definition) is 3. The van der Waals surface area contributed by atoms with Crippen molar-refractivity contribution < 1.29 is 9.53 Å². The molecule has 0 saturated heterocycles. The first kappa shape index (κ1) is 21.6. The van der Waals surface area contributed by atoms with Gasteiger partial charge in [-0.3, -0.25) is 4.79 Å². The quantitative estimate of drug-likeness (QED) is 0.361. The molecule has 2 rings (SSSR count). The van der Waals surface area contributed by atoms with E-state index in [1.807, 2.05) is 31.2 Å². The Kier molecular flexibility index (Phi) is 7.56. The Hall–Kier alpha value is -1.73. The molecular formula is C18H18Cl3N3O2S. The molecule has 0 bridgehead atoms. The normalized spacial score (nSPS) is 12.0. The molecule has 3 N–H and O–H groups in total. The van der Waals surface area contributed by atoms with Gasteiger partial charge in [-0.15, -0.1) is 0 Å². The summed E-state index contributed by atoms with van der Waals surface area (Å²) in [6, 6.07) is 14.3. The van der Waals surface area contributed by atoms with Gasteiger partial charge in [0.15, 0.2) is 5.11 Å². The van der Waals surface area contributed by atoms with E-state index in [9.17, 15) is 4.79 Å². The number of alkyl halides is 3. The number of anilines is 1. The maximum absolute atomic E-state index is 12.6. The number of amides is 1. The molecule has 9 heteroatoms. The van der Waals surface area contributed by atoms with Crippen molar-refractivity contribution in [1.82, 2.24) is 10.6 Å². The number of carbonyl (C=O) groups is 1. The molecule has 1 atom stereocenters. The molecule has 0 aliphatic rings. The Balaban J connectivity index is 2.12. The predicted molar refractivity (Wildman–Crippen MR) is 115 cm³/mol. The third-order valence-electron chi connectivity index (χ3n) is 3.62. The predicted octanol–water partition coefficient (Wildman–Crippen LogP) is 4.42. The van der Waals surface area contributed by atoms with E-state index >= 15 is 0 Å². The Morgan fingerprint density at radius 1 is 1.07 bits per heavy atom. The van der Waals surface area contributed by atoms with Crippen LogP contribution in [0.5, 0.6) is 5.75 Å². The van der Waals surface area contributed by atoms with Crippen LogP contribution in [0.3, 0.4) is 0 Å². The standard InChI is InChI=1S/C18H18Cl3N3O2S/c1-11-7-3-5-9-13(11)22-17(27)24-16(18(19,20)21)23-15(25)12-8-4-6-10-14(12)26-2/h3-10,16H,1-2H3,(H,23,25)(H2,22,24,27)/t16-/m0/s1. The lowest BCUT2D eigenvalue weighted by molar-refractivity contribution is 0.0931. The van der Waals surface area contributed by atoms with Crippen molar-refractivity contribution in [2.45, 2.75) is 16.9 Å². The number of methoxy groups -OCH3 is 1. The van der Waals surface area contributed by atoms with Crippen molar-refractivity contribution in [1.29, 1.82) is 0 Å². The lowest BCUT2D eigenvalue weighted by Crippen LogP contribution is -2.56. The zero-order valence-corrected chi connectivity index (χ0v) is 17.6. The van der Waals surface area contributed by atoms with Crippen molar-refractivity contribution in [3.63, 3.8) is 0 Å². The summed E-state index contributed by atoms with van der Waals surface area (Å²) >= 11 is 23.3. The minimum Gasteiger partial charge on any atom is -0.496 e. The minimum atomic E-state index is -1.85. The van der Waals surface area contributed by atoms with E-state index in [2.05, 4.69) is 16.0 Å². The van der Waals surface area contributed by atoms with Gasteiger partial charge in [0.25, 0.3) is 5.91 Å². The van der Waals surface area contributed by atoms with E-state index in [1.165, 1.54) is 7.11 Å². The summed E-state index contributed by atoms with van der Waals surface area (Å²) < 4.78 is 3.34. The van der Waals surface area contributed by atoms with Gasteiger partial charge < -0.3 is 20.7 Å². The highest BCUT2D eigenvalue weighted by atomic mass is 35.6. The molecule has 1 amide bonds. The fourth-order valence-electron chi connectivity index (χ4n) is 2.24. The molecular weight excluding hydrogens is 429 g/mol. The van der Waals surface area contributed by atoms with E-state index in [1.54, 1.807) is 24.3 Å². The molecule has 0 fully saturated rings. The average Bonchev–Trinajstić information content (AvgIpc) is 2.62. The van der Waals surface area contributed by atoms with Gasteiger partial charge in [0, 0.05) is 5.69 Å². The summed E-state index contributed by atoms with van der Waals surface area (Å²) in [6.07, 6.45) is -1.08. The van der Waals surface area contributed by atoms with Crippen molar-refractivity contribution in [3.8, 4) is 5.75 Å². The molecule has 27 heavy (non-hydrogen) atoms. The number of aryl methyl sites for hydroxylation is 1. The smallest absolute Gasteiger partial charge is 0.256 e. The molecule has 0 radical (unpaired) electrons. The maximum atomic E-state index is 12.6. The summed E-state index contributed by atoms with van der Waals surface area (Å²) in [5, 5.41) is 8.66. The first-order valence-corrected chi connectivity index (χ1v) is 9.40. The molecule has 5 nitrogen and oxygen atoms in total. The number of hydrogen-bond acceptors (Lipinski definition) is 3. The van der Waals surface area contributed by atoms with Crippen LogP contribution in [0.15, 0.2) is 48.5 Å². The van der Waals surface area contributed by atoms with E-state index in [4.69, 9.17) is 51.8 Å². The molecule has 0 aliphatic carbocycles. The van der Waals surface area contributed by atoms with Crippen molar-refractivity contribution in [3.05, 3.63) is 59.7 Å². The van der Waals surface area contributed by atoms with E-state index in [0.717, 1.165) is 11.3 Å². The van der Waals surface area contributed by atoms with Crippen molar-refractivity contribution in [2.75, 3.05) is 12.4 Å². The van der Waals surface area contributed by atoms with Crippen LogP contribution in [0.25, 0.3) is 0 Å². The molecule has 0 spiro atoms. The van der Waals surface area contributed by atoms with Crippen LogP contribution in [0.1, 0.15) is 15.9 Å². The van der Waals surface area contributed by atoms with Gasteiger partial charge >= 0.3 is 0 Å². The van der Waals surface area contributed by atoms with E-state index in [-0.39, 0.29) is 5.11 Å². The summed E-state index contributed by atoms with van der Waals surface area (Å²) in [5.74, 6) is -0.0753. The third-order valence-corrected chi connectivity index (χ3v) is 4.50. The first-order chi connectivity index (χ1) is 12.7. The van der Waals surface area contributed by atoms with E-state index in [0.29, 0.717) is 11.3 Å². The highest BCUT2D eigenvalue weighted by Crippen LogP contribution is 2.30. The van der Waals surface area contributed by atoms with Gasteiger partial charge in [-0.2, -0.15) is 0 Å². The van der Waals surface area contributed by atoms with E-state index < -0.39 is 15.9 Å². The number of rotatable bonds is 5. The lowest BCUT2D eigenvalue weighted by atomic mass is 10.2. The molecule has 0 heterocycles. The van der Waals surface area contributed by atoms with Crippen LogP contribution in [0.2, 0.25) is 0 Å². The number of halogens is 3. The van der Waals surface area contributed by atoms with Gasteiger partial charge in [0.2, 0.25) is 3.79 Å². The minimum absolute atomic E-state index is 0.195. The van der Waals surface area contributed by atoms with Crippen LogP contribution in [0, 0.1) is 6.92 Å². The maximum Gasteiger partial charge on any atom is 0.256 e. The van der Waals surface area contributed by atoms with Gasteiger partial charge in [-0.1, -0.05) is 65.1 Å². The van der Waals surface area contributed by atoms with Gasteiger partial charge in [-0.05, 0) is 42.9 Å². The second-order valence-corrected chi connectivity index (χ2v) is 8.34. The number of nitrogens with one attached hydrogen (secondary N) is 3. The lowest BCUT2D eigenvalue weighted by Gasteiger charge is -2.28. The zero-order chi connectivity index (χ0) is 20.0. The van der Waals surface area contributed by atoms with Crippen LogP contribution in [-0.2, 0) is 0 Å². The zero-order valence-electron chi connectivity index (χ0n) is 14.6. The summed E-state index contributed by atoms with van der Waals surface area (Å²) in [5.41, 5.74) is 2.10. The van der Waals surface area contributed by atoms with Gasteiger partial charge in [0.1, 0.15) is 11.9 Å². The number of ether oxygens (including phenoxy) is 1. The Morgan fingerprint density at radius 3 is 2.33 bits per heavy atom. The van der Waals surface area contributed by atoms with Crippen molar-refractivity contribution >= 4 is 63.7 Å². The number of thiocarbonyl (C=S) groups is 1. The second kappa shape index (κ2) is 9.46. The summed E-state index contributed by atoms with van der Waals surface area (Å²) in [4.78, 5) is 12.6. The fourth-order valence-corrected chi connectivity index (χ4v) is 2.80. The molecule has 2 aromatic rings. The Labute approximate surface area is 178 Å². The summed E-state index contributed by atoms with van der Waals surface area (Å²) in [6.45, 7) is 1.93. The highest BCUT2D eigenvalue weighted by molar-refractivity contribution is 7.80.